The zero-order valence-electron chi connectivity index (χ0n) is 9.60. The van der Waals surface area contributed by atoms with Crippen LogP contribution in [0.25, 0.3) is 0 Å². The normalized spacial score (nSPS) is 41.1. The first kappa shape index (κ1) is 10.5. The minimum Gasteiger partial charge on any atom is -0.325 e. The van der Waals surface area contributed by atoms with Gasteiger partial charge < -0.3 is 5.73 Å². The van der Waals surface area contributed by atoms with E-state index in [4.69, 9.17) is 5.73 Å². The summed E-state index contributed by atoms with van der Waals surface area (Å²) >= 11 is 0. The average Bonchev–Trinajstić information content (AvgIpc) is 2.19. The molecule has 0 amide bonds. The SMILES string of the molecule is CC1CCCC(N)(C2CCCCC2)C1. The molecule has 0 aromatic carbocycles. The molecule has 14 heavy (non-hydrogen) atoms. The van der Waals surface area contributed by atoms with Crippen LogP contribution in [0.3, 0.4) is 0 Å². The Kier molecular flexibility index (Phi) is 3.16. The highest BCUT2D eigenvalue weighted by Crippen LogP contribution is 2.41. The maximum atomic E-state index is 6.62. The molecule has 2 N–H and O–H groups in total. The summed E-state index contributed by atoms with van der Waals surface area (Å²) in [6.45, 7) is 2.38. The molecule has 0 aromatic heterocycles. The van der Waals surface area contributed by atoms with Gasteiger partial charge in [0.25, 0.3) is 0 Å². The molecule has 82 valence electrons. The smallest absolute Gasteiger partial charge is 0.0185 e. The summed E-state index contributed by atoms with van der Waals surface area (Å²) in [5.41, 5.74) is 6.84. The van der Waals surface area contributed by atoms with Crippen molar-refractivity contribution in [1.82, 2.24) is 0 Å². The van der Waals surface area contributed by atoms with E-state index in [0.29, 0.717) is 0 Å². The Bertz CT molecular complexity index is 184. The Morgan fingerprint density at radius 3 is 2.36 bits per heavy atom. The third-order valence-electron chi connectivity index (χ3n) is 4.49. The Morgan fingerprint density at radius 2 is 1.71 bits per heavy atom. The first-order valence-corrected chi connectivity index (χ1v) is 6.49. The molecule has 2 aliphatic rings. The maximum absolute atomic E-state index is 6.62. The highest BCUT2D eigenvalue weighted by atomic mass is 14.8. The van der Waals surface area contributed by atoms with Crippen molar-refractivity contribution in [3.05, 3.63) is 0 Å². The van der Waals surface area contributed by atoms with Gasteiger partial charge in [-0.3, -0.25) is 0 Å². The zero-order chi connectivity index (χ0) is 10.0. The third-order valence-corrected chi connectivity index (χ3v) is 4.49. The van der Waals surface area contributed by atoms with Gasteiger partial charge in [0.1, 0.15) is 0 Å². The van der Waals surface area contributed by atoms with E-state index in [0.717, 1.165) is 11.8 Å². The molecule has 0 bridgehead atoms. The number of rotatable bonds is 1. The summed E-state index contributed by atoms with van der Waals surface area (Å²) in [6.07, 6.45) is 12.5. The van der Waals surface area contributed by atoms with E-state index in [1.165, 1.54) is 57.8 Å². The predicted molar refractivity (Wildman–Crippen MR) is 61.1 cm³/mol. The maximum Gasteiger partial charge on any atom is 0.0185 e. The number of nitrogens with two attached hydrogens (primary N) is 1. The van der Waals surface area contributed by atoms with Gasteiger partial charge in [0.05, 0.1) is 0 Å². The Balaban J connectivity index is 1.98. The molecule has 1 heteroatoms. The van der Waals surface area contributed by atoms with Crippen molar-refractivity contribution in [2.45, 2.75) is 70.3 Å². The molecule has 0 radical (unpaired) electrons. The molecule has 2 saturated carbocycles. The molecule has 2 atom stereocenters. The second-order valence-corrected chi connectivity index (χ2v) is 5.77. The fourth-order valence-corrected chi connectivity index (χ4v) is 3.68. The molecule has 2 fully saturated rings. The quantitative estimate of drug-likeness (QED) is 0.681. The van der Waals surface area contributed by atoms with Crippen LogP contribution in [0.2, 0.25) is 0 Å². The van der Waals surface area contributed by atoms with Gasteiger partial charge in [-0.1, -0.05) is 39.0 Å². The summed E-state index contributed by atoms with van der Waals surface area (Å²) in [5, 5.41) is 0. The lowest BCUT2D eigenvalue weighted by Crippen LogP contribution is -2.50. The molecule has 2 aliphatic carbocycles. The number of hydrogen-bond acceptors (Lipinski definition) is 1. The van der Waals surface area contributed by atoms with Crippen LogP contribution in [0.1, 0.15) is 64.7 Å². The zero-order valence-corrected chi connectivity index (χ0v) is 9.60. The van der Waals surface area contributed by atoms with Crippen molar-refractivity contribution in [1.29, 1.82) is 0 Å². The molecule has 0 aromatic rings. The Morgan fingerprint density at radius 1 is 1.00 bits per heavy atom. The predicted octanol–water partition coefficient (Wildman–Crippen LogP) is 3.47. The van der Waals surface area contributed by atoms with Gasteiger partial charge in [-0.2, -0.15) is 0 Å². The van der Waals surface area contributed by atoms with Gasteiger partial charge in [0.2, 0.25) is 0 Å². The summed E-state index contributed by atoms with van der Waals surface area (Å²) in [7, 11) is 0. The van der Waals surface area contributed by atoms with Crippen molar-refractivity contribution < 1.29 is 0 Å². The topological polar surface area (TPSA) is 26.0 Å². The summed E-state index contributed by atoms with van der Waals surface area (Å²) in [4.78, 5) is 0. The van der Waals surface area contributed by atoms with Gasteiger partial charge in [-0.05, 0) is 37.5 Å². The van der Waals surface area contributed by atoms with Crippen molar-refractivity contribution >= 4 is 0 Å². The summed E-state index contributed by atoms with van der Waals surface area (Å²) < 4.78 is 0. The van der Waals surface area contributed by atoms with Crippen molar-refractivity contribution in [3.8, 4) is 0 Å². The minimum atomic E-state index is 0.220. The van der Waals surface area contributed by atoms with E-state index in [1.54, 1.807) is 0 Å². The third kappa shape index (κ3) is 2.13. The molecule has 0 saturated heterocycles. The first-order valence-electron chi connectivity index (χ1n) is 6.49. The summed E-state index contributed by atoms with van der Waals surface area (Å²) in [6, 6.07) is 0. The highest BCUT2D eigenvalue weighted by molar-refractivity contribution is 4.96. The van der Waals surface area contributed by atoms with E-state index in [-0.39, 0.29) is 5.54 Å². The van der Waals surface area contributed by atoms with E-state index in [1.807, 2.05) is 0 Å². The Hall–Kier alpha value is -0.0400. The van der Waals surface area contributed by atoms with E-state index in [9.17, 15) is 0 Å². The van der Waals surface area contributed by atoms with Gasteiger partial charge in [0, 0.05) is 5.54 Å². The fourth-order valence-electron chi connectivity index (χ4n) is 3.68. The van der Waals surface area contributed by atoms with Crippen molar-refractivity contribution in [2.24, 2.45) is 17.6 Å². The lowest BCUT2D eigenvalue weighted by atomic mass is 9.66. The van der Waals surface area contributed by atoms with Crippen molar-refractivity contribution in [3.63, 3.8) is 0 Å². The number of hydrogen-bond donors (Lipinski definition) is 1. The van der Waals surface area contributed by atoms with Crippen LogP contribution in [0.15, 0.2) is 0 Å². The lowest BCUT2D eigenvalue weighted by Gasteiger charge is -2.44. The van der Waals surface area contributed by atoms with E-state index >= 15 is 0 Å². The largest absolute Gasteiger partial charge is 0.325 e. The van der Waals surface area contributed by atoms with Crippen LogP contribution in [0, 0.1) is 11.8 Å². The highest BCUT2D eigenvalue weighted by Gasteiger charge is 2.38. The standard InChI is InChI=1S/C13H25N/c1-11-6-5-9-13(14,10-11)12-7-3-2-4-8-12/h11-12H,2-10,14H2,1H3. The van der Waals surface area contributed by atoms with Crippen LogP contribution in [0.4, 0.5) is 0 Å². The first-order chi connectivity index (χ1) is 6.71. The fraction of sp³-hybridized carbons (Fsp3) is 1.00. The molecule has 0 heterocycles. The van der Waals surface area contributed by atoms with Gasteiger partial charge in [-0.25, -0.2) is 0 Å². The van der Waals surface area contributed by atoms with E-state index in [2.05, 4.69) is 6.92 Å². The molecular formula is C13H25N. The van der Waals surface area contributed by atoms with Crippen LogP contribution in [-0.2, 0) is 0 Å². The molecule has 1 nitrogen and oxygen atoms in total. The monoisotopic (exact) mass is 195 g/mol. The molecule has 2 unspecified atom stereocenters. The molecule has 0 spiro atoms. The average molecular weight is 195 g/mol. The molecule has 2 rings (SSSR count). The van der Waals surface area contributed by atoms with Gasteiger partial charge in [-0.15, -0.1) is 0 Å². The minimum absolute atomic E-state index is 0.220. The molecule has 0 aliphatic heterocycles. The summed E-state index contributed by atoms with van der Waals surface area (Å²) in [5.74, 6) is 1.72. The molecular weight excluding hydrogens is 170 g/mol. The van der Waals surface area contributed by atoms with Crippen LogP contribution in [0.5, 0.6) is 0 Å². The van der Waals surface area contributed by atoms with Gasteiger partial charge in [0.15, 0.2) is 0 Å². The van der Waals surface area contributed by atoms with Crippen LogP contribution in [-0.4, -0.2) is 5.54 Å². The lowest BCUT2D eigenvalue weighted by molar-refractivity contribution is 0.128. The van der Waals surface area contributed by atoms with Crippen LogP contribution >= 0.6 is 0 Å². The van der Waals surface area contributed by atoms with Crippen molar-refractivity contribution in [2.75, 3.05) is 0 Å². The second-order valence-electron chi connectivity index (χ2n) is 5.77. The second kappa shape index (κ2) is 4.22. The van der Waals surface area contributed by atoms with E-state index < -0.39 is 0 Å². The van der Waals surface area contributed by atoms with Gasteiger partial charge >= 0.3 is 0 Å². The van der Waals surface area contributed by atoms with Crippen LogP contribution < -0.4 is 5.73 Å². The Labute approximate surface area is 88.4 Å².